The number of hydrogen-bond donors (Lipinski definition) is 1. The Morgan fingerprint density at radius 3 is 1.88 bits per heavy atom. The summed E-state index contributed by atoms with van der Waals surface area (Å²) >= 11 is 6.80. The molecule has 4 aromatic rings. The first-order chi connectivity index (χ1) is 20.4. The van der Waals surface area contributed by atoms with Crippen LogP contribution in [0.2, 0.25) is 5.02 Å². The lowest BCUT2D eigenvalue weighted by atomic mass is 9.80. The molecular formula is C35H37ClN2O4. The van der Waals surface area contributed by atoms with Gasteiger partial charge in [0.2, 0.25) is 5.91 Å². The van der Waals surface area contributed by atoms with E-state index < -0.39 is 17.5 Å². The number of nitrogens with zero attached hydrogens (tertiary/aromatic N) is 1. The van der Waals surface area contributed by atoms with Gasteiger partial charge in [-0.2, -0.15) is 0 Å². The molecule has 218 valence electrons. The average Bonchev–Trinajstić information content (AvgIpc) is 3.03. The molecule has 7 heteroatoms. The van der Waals surface area contributed by atoms with Crippen molar-refractivity contribution < 1.29 is 19.1 Å². The molecule has 4 aromatic carbocycles. The summed E-state index contributed by atoms with van der Waals surface area (Å²) in [5, 5.41) is 0.458. The fourth-order valence-corrected chi connectivity index (χ4v) is 5.57. The molecule has 42 heavy (non-hydrogen) atoms. The van der Waals surface area contributed by atoms with Crippen molar-refractivity contribution in [1.29, 1.82) is 0 Å². The summed E-state index contributed by atoms with van der Waals surface area (Å²) in [5.74, 6) is -1.42. The van der Waals surface area contributed by atoms with Crippen molar-refractivity contribution in [2.24, 2.45) is 11.7 Å². The van der Waals surface area contributed by atoms with E-state index >= 15 is 0 Å². The van der Waals surface area contributed by atoms with Gasteiger partial charge in [0.05, 0.1) is 25.0 Å². The van der Waals surface area contributed by atoms with Crippen molar-refractivity contribution in [1.82, 2.24) is 4.90 Å². The van der Waals surface area contributed by atoms with E-state index in [-0.39, 0.29) is 24.9 Å². The zero-order valence-corrected chi connectivity index (χ0v) is 24.7. The number of ether oxygens (including phenoxy) is 2. The van der Waals surface area contributed by atoms with E-state index in [0.29, 0.717) is 23.6 Å². The Hall–Kier alpha value is -3.97. The third-order valence-corrected chi connectivity index (χ3v) is 7.82. The van der Waals surface area contributed by atoms with Crippen LogP contribution in [0.3, 0.4) is 0 Å². The average molecular weight is 585 g/mol. The standard InChI is InChI=1S/C35H37ClN2O4/c1-38(30(24-37)25-41-2)34(40)27(22-26-14-6-3-7-15-26)23-33(39)42-35(28-16-8-4-9-17-28,29-18-10-5-11-19-29)31-20-12-13-21-32(31)36/h3-21,27,30H,22-25,37H2,1-2H3/t27-,30-/m1/s1. The monoisotopic (exact) mass is 584 g/mol. The summed E-state index contributed by atoms with van der Waals surface area (Å²) in [4.78, 5) is 29.6. The number of likely N-dealkylation sites (N-methyl/N-ethyl adjacent to an activating group) is 1. The zero-order valence-electron chi connectivity index (χ0n) is 24.0. The smallest absolute Gasteiger partial charge is 0.308 e. The van der Waals surface area contributed by atoms with Crippen molar-refractivity contribution in [2.45, 2.75) is 24.5 Å². The van der Waals surface area contributed by atoms with Crippen molar-refractivity contribution in [3.8, 4) is 0 Å². The number of rotatable bonds is 13. The number of nitrogens with two attached hydrogens (primary N) is 1. The lowest BCUT2D eigenvalue weighted by Crippen LogP contribution is -2.48. The van der Waals surface area contributed by atoms with Gasteiger partial charge in [-0.3, -0.25) is 9.59 Å². The lowest BCUT2D eigenvalue weighted by Gasteiger charge is -2.36. The van der Waals surface area contributed by atoms with Gasteiger partial charge in [-0.05, 0) is 18.1 Å². The molecular weight excluding hydrogens is 548 g/mol. The Bertz CT molecular complexity index is 1390. The number of hydrogen-bond acceptors (Lipinski definition) is 5. The van der Waals surface area contributed by atoms with Crippen LogP contribution in [0, 0.1) is 5.92 Å². The maximum absolute atomic E-state index is 14.1. The maximum Gasteiger partial charge on any atom is 0.308 e. The molecule has 0 heterocycles. The highest BCUT2D eigenvalue weighted by atomic mass is 35.5. The van der Waals surface area contributed by atoms with Gasteiger partial charge in [-0.15, -0.1) is 0 Å². The highest BCUT2D eigenvalue weighted by molar-refractivity contribution is 6.31. The Morgan fingerprint density at radius 2 is 1.36 bits per heavy atom. The number of esters is 1. The summed E-state index contributed by atoms with van der Waals surface area (Å²) < 4.78 is 11.9. The van der Waals surface area contributed by atoms with Crippen LogP contribution in [-0.2, 0) is 31.1 Å². The zero-order chi connectivity index (χ0) is 30.0. The molecule has 1 amide bonds. The minimum Gasteiger partial charge on any atom is -0.444 e. The fraction of sp³-hybridized carbons (Fsp3) is 0.257. The van der Waals surface area contributed by atoms with Crippen LogP contribution in [-0.4, -0.2) is 50.1 Å². The second kappa shape index (κ2) is 14.8. The molecule has 0 saturated carbocycles. The SMILES string of the molecule is COC[C@@H](CN)N(C)C(=O)[C@@H](CC(=O)OC(c1ccccc1)(c1ccccc1)c1ccccc1Cl)Cc1ccccc1. The first-order valence-electron chi connectivity index (χ1n) is 14.0. The number of methoxy groups -OCH3 is 1. The van der Waals surface area contributed by atoms with Crippen LogP contribution in [0.15, 0.2) is 115 Å². The summed E-state index contributed by atoms with van der Waals surface area (Å²) in [5.41, 5.74) is 7.67. The fourth-order valence-electron chi connectivity index (χ4n) is 5.30. The summed E-state index contributed by atoms with van der Waals surface area (Å²) in [6, 6.07) is 35.8. The van der Waals surface area contributed by atoms with Crippen LogP contribution >= 0.6 is 11.6 Å². The molecule has 0 aliphatic rings. The largest absolute Gasteiger partial charge is 0.444 e. The van der Waals surface area contributed by atoms with Gasteiger partial charge in [0.1, 0.15) is 0 Å². The van der Waals surface area contributed by atoms with Crippen molar-refractivity contribution in [3.05, 3.63) is 143 Å². The second-order valence-corrected chi connectivity index (χ2v) is 10.7. The molecule has 0 saturated heterocycles. The van der Waals surface area contributed by atoms with Crippen LogP contribution in [0.4, 0.5) is 0 Å². The first kappa shape index (κ1) is 31.0. The van der Waals surface area contributed by atoms with Gasteiger partial charge in [0.15, 0.2) is 5.60 Å². The molecule has 4 rings (SSSR count). The van der Waals surface area contributed by atoms with Crippen molar-refractivity contribution >= 4 is 23.5 Å². The topological polar surface area (TPSA) is 81.9 Å². The van der Waals surface area contributed by atoms with Gasteiger partial charge in [-0.1, -0.05) is 121 Å². The van der Waals surface area contributed by atoms with E-state index in [1.54, 1.807) is 25.1 Å². The van der Waals surface area contributed by atoms with Crippen LogP contribution < -0.4 is 5.73 Å². The molecule has 0 fully saturated rings. The maximum atomic E-state index is 14.1. The third-order valence-electron chi connectivity index (χ3n) is 7.49. The Balaban J connectivity index is 1.76. The van der Waals surface area contributed by atoms with E-state index in [4.69, 9.17) is 26.8 Å². The van der Waals surface area contributed by atoms with Gasteiger partial charge in [0, 0.05) is 42.4 Å². The third kappa shape index (κ3) is 7.08. The van der Waals surface area contributed by atoms with Crippen molar-refractivity contribution in [2.75, 3.05) is 27.3 Å². The Labute approximate surface area is 253 Å². The molecule has 0 unspecified atom stereocenters. The van der Waals surface area contributed by atoms with E-state index in [2.05, 4.69) is 0 Å². The molecule has 0 aliphatic heterocycles. The molecule has 0 bridgehead atoms. The molecule has 6 nitrogen and oxygen atoms in total. The number of benzene rings is 4. The molecule has 0 aromatic heterocycles. The lowest BCUT2D eigenvalue weighted by molar-refractivity contribution is -0.157. The Morgan fingerprint density at radius 1 is 0.833 bits per heavy atom. The summed E-state index contributed by atoms with van der Waals surface area (Å²) in [7, 11) is 3.27. The normalized spacial score (nSPS) is 12.8. The highest BCUT2D eigenvalue weighted by Crippen LogP contribution is 2.43. The Kier molecular flexibility index (Phi) is 10.9. The van der Waals surface area contributed by atoms with Crippen LogP contribution in [0.1, 0.15) is 28.7 Å². The van der Waals surface area contributed by atoms with Crippen LogP contribution in [0.5, 0.6) is 0 Å². The quantitative estimate of drug-likeness (QED) is 0.157. The molecule has 0 aliphatic carbocycles. The minimum atomic E-state index is -1.35. The number of carbonyl (C=O) groups is 2. The van der Waals surface area contributed by atoms with Gasteiger partial charge >= 0.3 is 5.97 Å². The highest BCUT2D eigenvalue weighted by Gasteiger charge is 2.43. The number of amides is 1. The van der Waals surface area contributed by atoms with E-state index in [1.807, 2.05) is 109 Å². The first-order valence-corrected chi connectivity index (χ1v) is 14.4. The van der Waals surface area contributed by atoms with Crippen LogP contribution in [0.25, 0.3) is 0 Å². The number of carbonyl (C=O) groups excluding carboxylic acids is 2. The second-order valence-electron chi connectivity index (χ2n) is 10.3. The molecule has 2 atom stereocenters. The van der Waals surface area contributed by atoms with Gasteiger partial charge in [-0.25, -0.2) is 0 Å². The van der Waals surface area contributed by atoms with Crippen molar-refractivity contribution in [3.63, 3.8) is 0 Å². The predicted octanol–water partition coefficient (Wildman–Crippen LogP) is 5.86. The molecule has 0 radical (unpaired) electrons. The minimum absolute atomic E-state index is 0.145. The summed E-state index contributed by atoms with van der Waals surface area (Å²) in [6.45, 7) is 0.523. The van der Waals surface area contributed by atoms with E-state index in [1.165, 1.54) is 0 Å². The molecule has 0 spiro atoms. The van der Waals surface area contributed by atoms with Gasteiger partial charge in [0.25, 0.3) is 0 Å². The van der Waals surface area contributed by atoms with E-state index in [9.17, 15) is 9.59 Å². The molecule has 2 N–H and O–H groups in total. The van der Waals surface area contributed by atoms with E-state index in [0.717, 1.165) is 16.7 Å². The summed E-state index contributed by atoms with van der Waals surface area (Å²) in [6.07, 6.45) is 0.216. The van der Waals surface area contributed by atoms with Gasteiger partial charge < -0.3 is 20.1 Å². The predicted molar refractivity (Wildman–Crippen MR) is 166 cm³/mol. The number of halogens is 1.